The molecule has 0 aliphatic carbocycles. The third-order valence-electron chi connectivity index (χ3n) is 3.93. The van der Waals surface area contributed by atoms with E-state index in [9.17, 15) is 0 Å². The van der Waals surface area contributed by atoms with Crippen molar-refractivity contribution in [3.05, 3.63) is 0 Å². The fourth-order valence-corrected chi connectivity index (χ4v) is 2.38. The highest BCUT2D eigenvalue weighted by molar-refractivity contribution is 4.87. The van der Waals surface area contributed by atoms with Gasteiger partial charge in [0.25, 0.3) is 0 Å². The molecule has 5 nitrogen and oxygen atoms in total. The quantitative estimate of drug-likeness (QED) is 0.546. The summed E-state index contributed by atoms with van der Waals surface area (Å²) >= 11 is 0. The largest absolute Gasteiger partial charge is 0.309 e. The second-order valence-electron chi connectivity index (χ2n) is 6.63. The van der Waals surface area contributed by atoms with Gasteiger partial charge in [0.05, 0.1) is 12.6 Å². The normalized spacial score (nSPS) is 14.7. The lowest BCUT2D eigenvalue weighted by molar-refractivity contribution is 0.217. The van der Waals surface area contributed by atoms with Gasteiger partial charge in [0.15, 0.2) is 0 Å². The fourth-order valence-electron chi connectivity index (χ4n) is 2.38. The zero-order chi connectivity index (χ0) is 16.3. The Hall–Kier alpha value is -0.670. The van der Waals surface area contributed by atoms with Crippen LogP contribution in [0.2, 0.25) is 0 Å². The summed E-state index contributed by atoms with van der Waals surface area (Å²) in [5.41, 5.74) is 0.0794. The van der Waals surface area contributed by atoms with E-state index >= 15 is 0 Å². The number of hydrogen-bond acceptors (Lipinski definition) is 5. The summed E-state index contributed by atoms with van der Waals surface area (Å²) in [6.07, 6.45) is 2.27. The monoisotopic (exact) mass is 297 g/mol. The van der Waals surface area contributed by atoms with E-state index in [1.54, 1.807) is 0 Å². The average Bonchev–Trinajstić information content (AvgIpc) is 2.38. The molecule has 0 aromatic rings. The van der Waals surface area contributed by atoms with E-state index in [0.717, 1.165) is 39.1 Å². The number of rotatable bonds is 12. The van der Waals surface area contributed by atoms with E-state index in [0.29, 0.717) is 6.54 Å². The molecule has 0 rings (SSSR count). The molecule has 0 saturated carbocycles. The molecule has 5 heteroatoms. The smallest absolute Gasteiger partial charge is 0.0864 e. The molecule has 0 aliphatic rings. The van der Waals surface area contributed by atoms with Crippen LogP contribution in [0.15, 0.2) is 0 Å². The topological polar surface area (TPSA) is 45.5 Å². The van der Waals surface area contributed by atoms with E-state index in [2.05, 4.69) is 61.1 Å². The Balaban J connectivity index is 3.96. The van der Waals surface area contributed by atoms with Gasteiger partial charge >= 0.3 is 0 Å². The molecule has 0 amide bonds. The molecular weight excluding hydrogens is 262 g/mol. The zero-order valence-electron chi connectivity index (χ0n) is 14.9. The predicted molar refractivity (Wildman–Crippen MR) is 90.5 cm³/mol. The SMILES string of the molecule is CCC(C)(CN(C)CC#N)NCCN(C)CCCN(C)C. The molecule has 0 heterocycles. The molecule has 1 unspecified atom stereocenters. The Labute approximate surface area is 131 Å². The number of nitrogens with one attached hydrogen (secondary N) is 1. The van der Waals surface area contributed by atoms with Gasteiger partial charge in [-0.25, -0.2) is 0 Å². The molecule has 0 aromatic heterocycles. The van der Waals surface area contributed by atoms with E-state index in [4.69, 9.17) is 5.26 Å². The Bertz CT molecular complexity index is 300. The van der Waals surface area contributed by atoms with Crippen molar-refractivity contribution in [1.29, 1.82) is 5.26 Å². The maximum Gasteiger partial charge on any atom is 0.0864 e. The van der Waals surface area contributed by atoms with Crippen LogP contribution in [0.5, 0.6) is 0 Å². The summed E-state index contributed by atoms with van der Waals surface area (Å²) in [6.45, 7) is 10.2. The maximum atomic E-state index is 8.75. The zero-order valence-corrected chi connectivity index (χ0v) is 14.9. The second kappa shape index (κ2) is 11.0. The minimum Gasteiger partial charge on any atom is -0.309 e. The van der Waals surface area contributed by atoms with Gasteiger partial charge in [-0.05, 0) is 61.0 Å². The standard InChI is InChI=1S/C16H35N5/c1-7-16(2,15-21(6)13-9-17)18-10-14-20(5)12-8-11-19(3)4/h18H,7-8,10-15H2,1-6H3. The molecule has 0 saturated heterocycles. The molecule has 0 radical (unpaired) electrons. The fraction of sp³-hybridized carbons (Fsp3) is 0.938. The third-order valence-corrected chi connectivity index (χ3v) is 3.93. The van der Waals surface area contributed by atoms with Crippen molar-refractivity contribution in [2.24, 2.45) is 0 Å². The van der Waals surface area contributed by atoms with Crippen LogP contribution in [0.25, 0.3) is 0 Å². The van der Waals surface area contributed by atoms with E-state index in [1.165, 1.54) is 6.42 Å². The van der Waals surface area contributed by atoms with Gasteiger partial charge in [0, 0.05) is 25.2 Å². The molecule has 0 aliphatic heterocycles. The van der Waals surface area contributed by atoms with Crippen LogP contribution < -0.4 is 5.32 Å². The first-order valence-corrected chi connectivity index (χ1v) is 7.96. The summed E-state index contributed by atoms with van der Waals surface area (Å²) in [6, 6.07) is 2.21. The first kappa shape index (κ1) is 20.3. The number of nitrogens with zero attached hydrogens (tertiary/aromatic N) is 4. The van der Waals surface area contributed by atoms with Crippen molar-refractivity contribution in [1.82, 2.24) is 20.0 Å². The summed E-state index contributed by atoms with van der Waals surface area (Å²) in [5, 5.41) is 12.4. The van der Waals surface area contributed by atoms with Crippen molar-refractivity contribution >= 4 is 0 Å². The van der Waals surface area contributed by atoms with Crippen LogP contribution in [0, 0.1) is 11.3 Å². The summed E-state index contributed by atoms with van der Waals surface area (Å²) < 4.78 is 0. The molecule has 0 fully saturated rings. The molecule has 124 valence electrons. The highest BCUT2D eigenvalue weighted by atomic mass is 15.2. The molecule has 0 aromatic carbocycles. The van der Waals surface area contributed by atoms with Gasteiger partial charge in [-0.2, -0.15) is 5.26 Å². The number of nitriles is 1. The number of hydrogen-bond donors (Lipinski definition) is 1. The molecular formula is C16H35N5. The van der Waals surface area contributed by atoms with Gasteiger partial charge in [0.1, 0.15) is 0 Å². The second-order valence-corrected chi connectivity index (χ2v) is 6.63. The van der Waals surface area contributed by atoms with Crippen LogP contribution in [0.4, 0.5) is 0 Å². The predicted octanol–water partition coefficient (Wildman–Crippen LogP) is 1.08. The highest BCUT2D eigenvalue weighted by Gasteiger charge is 2.22. The first-order chi connectivity index (χ1) is 9.83. The summed E-state index contributed by atoms with van der Waals surface area (Å²) in [5.74, 6) is 0. The number of likely N-dealkylation sites (N-methyl/N-ethyl adjacent to an activating group) is 2. The van der Waals surface area contributed by atoms with Crippen molar-refractivity contribution in [2.75, 3.05) is 67.5 Å². The lowest BCUT2D eigenvalue weighted by atomic mass is 9.98. The maximum absolute atomic E-state index is 8.75. The Morgan fingerprint density at radius 2 is 1.71 bits per heavy atom. The van der Waals surface area contributed by atoms with Gasteiger partial charge in [0.2, 0.25) is 0 Å². The Kier molecular flexibility index (Phi) is 10.6. The van der Waals surface area contributed by atoms with Gasteiger partial charge in [-0.1, -0.05) is 6.92 Å². The van der Waals surface area contributed by atoms with Crippen LogP contribution in [-0.4, -0.2) is 87.7 Å². The first-order valence-electron chi connectivity index (χ1n) is 7.96. The third kappa shape index (κ3) is 10.7. The summed E-state index contributed by atoms with van der Waals surface area (Å²) in [4.78, 5) is 6.69. The van der Waals surface area contributed by atoms with Gasteiger partial charge in [-0.15, -0.1) is 0 Å². The van der Waals surface area contributed by atoms with Crippen molar-refractivity contribution in [3.63, 3.8) is 0 Å². The minimum absolute atomic E-state index is 0.0794. The summed E-state index contributed by atoms with van der Waals surface area (Å²) in [7, 11) is 8.42. The van der Waals surface area contributed by atoms with Crippen molar-refractivity contribution in [2.45, 2.75) is 32.2 Å². The average molecular weight is 297 g/mol. The lowest BCUT2D eigenvalue weighted by Crippen LogP contribution is -2.52. The molecule has 0 bridgehead atoms. The van der Waals surface area contributed by atoms with Gasteiger partial charge in [-0.3, -0.25) is 4.90 Å². The van der Waals surface area contributed by atoms with Gasteiger partial charge < -0.3 is 15.1 Å². The molecule has 1 atom stereocenters. The van der Waals surface area contributed by atoms with Crippen LogP contribution in [0.3, 0.4) is 0 Å². The van der Waals surface area contributed by atoms with Crippen molar-refractivity contribution in [3.8, 4) is 6.07 Å². The van der Waals surface area contributed by atoms with E-state index in [-0.39, 0.29) is 5.54 Å². The lowest BCUT2D eigenvalue weighted by Gasteiger charge is -2.34. The Morgan fingerprint density at radius 3 is 2.24 bits per heavy atom. The highest BCUT2D eigenvalue weighted by Crippen LogP contribution is 2.10. The van der Waals surface area contributed by atoms with Crippen molar-refractivity contribution < 1.29 is 0 Å². The minimum atomic E-state index is 0.0794. The molecule has 1 N–H and O–H groups in total. The van der Waals surface area contributed by atoms with E-state index < -0.39 is 0 Å². The van der Waals surface area contributed by atoms with E-state index in [1.807, 2.05) is 7.05 Å². The Morgan fingerprint density at radius 1 is 1.05 bits per heavy atom. The van der Waals surface area contributed by atoms with Crippen LogP contribution >= 0.6 is 0 Å². The molecule has 0 spiro atoms. The van der Waals surface area contributed by atoms with Crippen LogP contribution in [-0.2, 0) is 0 Å². The van der Waals surface area contributed by atoms with Crippen LogP contribution in [0.1, 0.15) is 26.7 Å². The molecule has 21 heavy (non-hydrogen) atoms.